The van der Waals surface area contributed by atoms with Gasteiger partial charge in [0.25, 0.3) is 0 Å². The molecule has 0 aromatic heterocycles. The number of carbonyl (C=O) groups is 2. The Bertz CT molecular complexity index is 398. The van der Waals surface area contributed by atoms with Crippen molar-refractivity contribution < 1.29 is 24.2 Å². The molecule has 0 saturated heterocycles. The van der Waals surface area contributed by atoms with E-state index in [0.717, 1.165) is 6.04 Å². The highest BCUT2D eigenvalue weighted by Crippen LogP contribution is 2.13. The number of hydrogen-bond acceptors (Lipinski definition) is 5. The van der Waals surface area contributed by atoms with Crippen molar-refractivity contribution in [1.29, 1.82) is 0 Å². The highest BCUT2D eigenvalue weighted by Gasteiger charge is 2.33. The van der Waals surface area contributed by atoms with Crippen molar-refractivity contribution in [3.63, 3.8) is 0 Å². The largest absolute Gasteiger partial charge is 0.464 e. The fraction of sp³-hybridized carbons (Fsp3) is 0.875. The molecule has 7 heteroatoms. The lowest BCUT2D eigenvalue weighted by molar-refractivity contribution is -0.149. The Kier molecular flexibility index (Phi) is 8.27. The molecular weight excluding hydrogens is 314 g/mol. The molecule has 0 heterocycles. The number of alkyl carbamates (subject to hydrolysis) is 1. The Labute approximate surface area is 140 Å². The van der Waals surface area contributed by atoms with Crippen molar-refractivity contribution in [1.82, 2.24) is 5.32 Å². The molecule has 0 rings (SSSR count). The predicted octanol–water partition coefficient (Wildman–Crippen LogP) is 2.78. The summed E-state index contributed by atoms with van der Waals surface area (Å²) in [6.07, 6.45) is -1.79. The third-order valence-corrected chi connectivity index (χ3v) is 4.75. The maximum atomic E-state index is 12.2. The number of ether oxygens (including phenoxy) is 2. The van der Waals surface area contributed by atoms with Gasteiger partial charge in [-0.1, -0.05) is 33.5 Å². The quantitative estimate of drug-likeness (QED) is 0.546. The Hall–Kier alpha value is -1.08. The van der Waals surface area contributed by atoms with E-state index in [1.165, 1.54) is 0 Å². The maximum Gasteiger partial charge on any atom is 0.408 e. The Morgan fingerprint density at radius 1 is 1.17 bits per heavy atom. The summed E-state index contributed by atoms with van der Waals surface area (Å²) in [5.41, 5.74) is -0.681. The van der Waals surface area contributed by atoms with E-state index in [2.05, 4.69) is 25.0 Å². The Morgan fingerprint density at radius 2 is 1.70 bits per heavy atom. The molecule has 0 fully saturated rings. The van der Waals surface area contributed by atoms with Gasteiger partial charge in [0, 0.05) is 8.07 Å². The first-order chi connectivity index (χ1) is 10.2. The van der Waals surface area contributed by atoms with Crippen LogP contribution in [0.2, 0.25) is 25.7 Å². The van der Waals surface area contributed by atoms with Crippen LogP contribution in [-0.4, -0.2) is 49.6 Å². The standard InChI is InChI=1S/C16H33NO5Si/c1-11(2)13(18)12(17-15(20)22-16(3,4)5)14(19)21-9-10-23(6,7)8/h11-13,18H,9-10H2,1-8H3,(H,17,20)/t12-,13+/m0/s1. The number of aliphatic hydroxyl groups excluding tert-OH is 1. The fourth-order valence-corrected chi connectivity index (χ4v) is 2.37. The van der Waals surface area contributed by atoms with E-state index in [4.69, 9.17) is 9.47 Å². The van der Waals surface area contributed by atoms with Gasteiger partial charge in [-0.2, -0.15) is 0 Å². The third-order valence-electron chi connectivity index (χ3n) is 3.05. The summed E-state index contributed by atoms with van der Waals surface area (Å²) in [4.78, 5) is 24.1. The van der Waals surface area contributed by atoms with Crippen molar-refractivity contribution in [2.24, 2.45) is 5.92 Å². The number of aliphatic hydroxyl groups is 1. The van der Waals surface area contributed by atoms with Gasteiger partial charge in [0.05, 0.1) is 12.7 Å². The highest BCUT2D eigenvalue weighted by atomic mass is 28.3. The van der Waals surface area contributed by atoms with Crippen LogP contribution in [0, 0.1) is 5.92 Å². The Balaban J connectivity index is 4.81. The average molecular weight is 348 g/mol. The van der Waals surface area contributed by atoms with Gasteiger partial charge in [-0.15, -0.1) is 0 Å². The molecule has 0 radical (unpaired) electrons. The second-order valence-electron chi connectivity index (χ2n) is 8.34. The zero-order chi connectivity index (χ0) is 18.4. The van der Waals surface area contributed by atoms with Gasteiger partial charge >= 0.3 is 12.1 Å². The smallest absolute Gasteiger partial charge is 0.408 e. The zero-order valence-corrected chi connectivity index (χ0v) is 16.7. The molecule has 0 aliphatic rings. The number of nitrogens with one attached hydrogen (secondary N) is 1. The first-order valence-electron chi connectivity index (χ1n) is 8.07. The van der Waals surface area contributed by atoms with Gasteiger partial charge in [0.15, 0.2) is 6.04 Å². The van der Waals surface area contributed by atoms with Gasteiger partial charge < -0.3 is 19.9 Å². The van der Waals surface area contributed by atoms with Crippen molar-refractivity contribution >= 4 is 20.1 Å². The molecule has 0 aliphatic heterocycles. The van der Waals surface area contributed by atoms with Crippen LogP contribution in [0.3, 0.4) is 0 Å². The van der Waals surface area contributed by atoms with E-state index in [1.54, 1.807) is 34.6 Å². The molecule has 23 heavy (non-hydrogen) atoms. The molecule has 2 atom stereocenters. The summed E-state index contributed by atoms with van der Waals surface area (Å²) >= 11 is 0. The van der Waals surface area contributed by atoms with Crippen molar-refractivity contribution in [3.05, 3.63) is 0 Å². The van der Waals surface area contributed by atoms with Crippen LogP contribution < -0.4 is 5.32 Å². The van der Waals surface area contributed by atoms with Gasteiger partial charge in [-0.25, -0.2) is 9.59 Å². The molecule has 0 aromatic carbocycles. The fourth-order valence-electron chi connectivity index (χ4n) is 1.65. The molecule has 0 bridgehead atoms. The van der Waals surface area contributed by atoms with Gasteiger partial charge in [0.1, 0.15) is 5.60 Å². The van der Waals surface area contributed by atoms with Crippen molar-refractivity contribution in [2.45, 2.75) is 78.1 Å². The highest BCUT2D eigenvalue weighted by molar-refractivity contribution is 6.76. The monoisotopic (exact) mass is 347 g/mol. The summed E-state index contributed by atoms with van der Waals surface area (Å²) in [7, 11) is -1.32. The molecule has 0 unspecified atom stereocenters. The summed E-state index contributed by atoms with van der Waals surface area (Å²) in [6, 6.07) is -0.304. The number of carbonyl (C=O) groups excluding carboxylic acids is 2. The zero-order valence-electron chi connectivity index (χ0n) is 15.7. The third kappa shape index (κ3) is 10.3. The number of hydrogen-bond donors (Lipinski definition) is 2. The lowest BCUT2D eigenvalue weighted by Gasteiger charge is -2.27. The van der Waals surface area contributed by atoms with Crippen molar-refractivity contribution in [2.75, 3.05) is 6.61 Å². The molecule has 0 aromatic rings. The van der Waals surface area contributed by atoms with Crippen LogP contribution in [-0.2, 0) is 14.3 Å². The SMILES string of the molecule is CC(C)[C@@H](O)[C@H](NC(=O)OC(C)(C)C)C(=O)OCC[Si](C)(C)C. The predicted molar refractivity (Wildman–Crippen MR) is 93.1 cm³/mol. The van der Waals surface area contributed by atoms with E-state index in [1.807, 2.05) is 0 Å². The minimum absolute atomic E-state index is 0.209. The first kappa shape index (κ1) is 21.9. The van der Waals surface area contributed by atoms with Crippen LogP contribution in [0.1, 0.15) is 34.6 Å². The van der Waals surface area contributed by atoms with E-state index in [9.17, 15) is 14.7 Å². The second-order valence-corrected chi connectivity index (χ2v) is 14.0. The topological polar surface area (TPSA) is 84.9 Å². The molecule has 136 valence electrons. The van der Waals surface area contributed by atoms with Crippen LogP contribution >= 0.6 is 0 Å². The first-order valence-corrected chi connectivity index (χ1v) is 11.8. The number of esters is 1. The summed E-state index contributed by atoms with van der Waals surface area (Å²) in [6.45, 7) is 15.6. The van der Waals surface area contributed by atoms with Crippen LogP contribution in [0.4, 0.5) is 4.79 Å². The molecule has 1 amide bonds. The minimum atomic E-state index is -1.32. The molecule has 0 spiro atoms. The molecule has 0 aliphatic carbocycles. The van der Waals surface area contributed by atoms with Gasteiger partial charge in [0.2, 0.25) is 0 Å². The minimum Gasteiger partial charge on any atom is -0.464 e. The molecular formula is C16H33NO5Si. The normalized spacial score (nSPS) is 15.0. The van der Waals surface area contributed by atoms with E-state index in [0.29, 0.717) is 6.61 Å². The van der Waals surface area contributed by atoms with E-state index < -0.39 is 37.9 Å². The van der Waals surface area contributed by atoms with Gasteiger partial charge in [-0.05, 0) is 32.7 Å². The number of rotatable bonds is 7. The van der Waals surface area contributed by atoms with Crippen LogP contribution in [0.15, 0.2) is 0 Å². The van der Waals surface area contributed by atoms with E-state index >= 15 is 0 Å². The number of amides is 1. The molecule has 6 nitrogen and oxygen atoms in total. The second kappa shape index (κ2) is 8.68. The van der Waals surface area contributed by atoms with Crippen LogP contribution in [0.25, 0.3) is 0 Å². The molecule has 2 N–H and O–H groups in total. The summed E-state index contributed by atoms with van der Waals surface area (Å²) in [5, 5.41) is 12.6. The summed E-state index contributed by atoms with van der Waals surface area (Å²) < 4.78 is 10.4. The maximum absolute atomic E-state index is 12.2. The molecule has 0 saturated carbocycles. The lowest BCUT2D eigenvalue weighted by Crippen LogP contribution is -2.52. The lowest BCUT2D eigenvalue weighted by atomic mass is 10.00. The summed E-state index contributed by atoms with van der Waals surface area (Å²) in [5.74, 6) is -0.838. The van der Waals surface area contributed by atoms with Crippen molar-refractivity contribution in [3.8, 4) is 0 Å². The van der Waals surface area contributed by atoms with Gasteiger partial charge in [-0.3, -0.25) is 0 Å². The Morgan fingerprint density at radius 3 is 2.09 bits per heavy atom. The van der Waals surface area contributed by atoms with Crippen LogP contribution in [0.5, 0.6) is 0 Å². The van der Waals surface area contributed by atoms with E-state index in [-0.39, 0.29) is 5.92 Å². The average Bonchev–Trinajstić information content (AvgIpc) is 2.30.